The number of hydrogen-bond donors (Lipinski definition) is 4. The van der Waals surface area contributed by atoms with E-state index in [0.29, 0.717) is 6.04 Å². The maximum absolute atomic E-state index is 10.3. The summed E-state index contributed by atoms with van der Waals surface area (Å²) >= 11 is 1.55. The molecule has 21 heavy (non-hydrogen) atoms. The van der Waals surface area contributed by atoms with Crippen LogP contribution in [0.25, 0.3) is 0 Å². The lowest BCUT2D eigenvalue weighted by molar-refractivity contribution is -0.699. The van der Waals surface area contributed by atoms with E-state index in [-0.39, 0.29) is 17.6 Å². The number of nitrogens with two attached hydrogens (primary N) is 2. The van der Waals surface area contributed by atoms with E-state index >= 15 is 0 Å². The van der Waals surface area contributed by atoms with Crippen LogP contribution in [0.5, 0.6) is 0 Å². The maximum atomic E-state index is 10.3. The van der Waals surface area contributed by atoms with Crippen molar-refractivity contribution >= 4 is 16.9 Å². The van der Waals surface area contributed by atoms with Crippen LogP contribution in [0.3, 0.4) is 0 Å². The van der Waals surface area contributed by atoms with Gasteiger partial charge in [0.1, 0.15) is 36.3 Å². The van der Waals surface area contributed by atoms with Gasteiger partial charge in [0, 0.05) is 0 Å². The van der Waals surface area contributed by atoms with Gasteiger partial charge in [-0.3, -0.25) is 5.32 Å². The van der Waals surface area contributed by atoms with Gasteiger partial charge in [0.25, 0.3) is 5.17 Å². The topological polar surface area (TPSA) is 95.3 Å². The number of thioether (sulfide) groups is 1. The number of quaternary nitrogens is 2. The number of aliphatic imine (C=N–C) groups is 1. The summed E-state index contributed by atoms with van der Waals surface area (Å²) in [6.45, 7) is 0.720. The minimum Gasteiger partial charge on any atom is -0.388 e. The van der Waals surface area contributed by atoms with E-state index in [1.165, 1.54) is 32.1 Å². The van der Waals surface area contributed by atoms with Gasteiger partial charge in [-0.25, -0.2) is 4.99 Å². The molecule has 120 valence electrons. The van der Waals surface area contributed by atoms with Gasteiger partial charge in [-0.05, 0) is 37.4 Å². The Bertz CT molecular complexity index is 390. The van der Waals surface area contributed by atoms with Gasteiger partial charge in [0.15, 0.2) is 0 Å². The zero-order valence-corrected chi connectivity index (χ0v) is 13.3. The third kappa shape index (κ3) is 3.43. The molecule has 0 amide bonds. The summed E-state index contributed by atoms with van der Waals surface area (Å²) in [5.41, 5.74) is -0.153. The third-order valence-electron chi connectivity index (χ3n) is 4.78. The maximum Gasteiger partial charge on any atom is 0.258 e. The van der Waals surface area contributed by atoms with Gasteiger partial charge in [-0.2, -0.15) is 0 Å². The van der Waals surface area contributed by atoms with Crippen molar-refractivity contribution in [1.82, 2.24) is 0 Å². The number of hydrogen-bond acceptors (Lipinski definition) is 5. The third-order valence-corrected chi connectivity index (χ3v) is 5.99. The number of ether oxygens (including phenoxy) is 1. The summed E-state index contributed by atoms with van der Waals surface area (Å²) < 4.78 is 6.00. The average molecular weight is 317 g/mol. The van der Waals surface area contributed by atoms with Gasteiger partial charge < -0.3 is 20.3 Å². The Morgan fingerprint density at radius 1 is 1.24 bits per heavy atom. The summed E-state index contributed by atoms with van der Waals surface area (Å²) in [7, 11) is 1.93. The summed E-state index contributed by atoms with van der Waals surface area (Å²) in [6.07, 6.45) is 4.50. The fraction of sp³-hybridized carbons (Fsp3) is 0.929. The zero-order valence-electron chi connectivity index (χ0n) is 12.5. The molecule has 0 unspecified atom stereocenters. The van der Waals surface area contributed by atoms with E-state index in [9.17, 15) is 10.2 Å². The first-order chi connectivity index (χ1) is 10.2. The molecule has 6 N–H and O–H groups in total. The molecule has 0 aromatic heterocycles. The monoisotopic (exact) mass is 317 g/mol. The van der Waals surface area contributed by atoms with Crippen LogP contribution in [0.4, 0.5) is 0 Å². The Kier molecular flexibility index (Phi) is 5.19. The number of aliphatic hydroxyl groups excluding tert-OH is 2. The Balaban J connectivity index is 1.55. The van der Waals surface area contributed by atoms with E-state index in [2.05, 4.69) is 10.3 Å². The predicted octanol–water partition coefficient (Wildman–Crippen LogP) is -2.01. The van der Waals surface area contributed by atoms with Crippen LogP contribution in [-0.4, -0.2) is 64.8 Å². The highest BCUT2D eigenvalue weighted by Crippen LogP contribution is 2.34. The van der Waals surface area contributed by atoms with E-state index in [1.54, 1.807) is 11.8 Å². The van der Waals surface area contributed by atoms with E-state index in [4.69, 9.17) is 4.74 Å². The van der Waals surface area contributed by atoms with Crippen molar-refractivity contribution in [3.63, 3.8) is 0 Å². The first-order valence-electron chi connectivity index (χ1n) is 8.08. The second-order valence-corrected chi connectivity index (χ2v) is 7.38. The molecule has 2 heterocycles. The van der Waals surface area contributed by atoms with Crippen molar-refractivity contribution in [3.05, 3.63) is 0 Å². The van der Waals surface area contributed by atoms with Crippen molar-refractivity contribution in [2.24, 2.45) is 4.99 Å². The highest BCUT2D eigenvalue weighted by Gasteiger charge is 2.49. The number of rotatable bonds is 3. The largest absolute Gasteiger partial charge is 0.388 e. The fourth-order valence-corrected chi connectivity index (χ4v) is 4.60. The van der Waals surface area contributed by atoms with Crippen LogP contribution in [-0.2, 0) is 4.74 Å². The van der Waals surface area contributed by atoms with Crippen molar-refractivity contribution in [1.29, 1.82) is 0 Å². The normalized spacial score (nSPS) is 40.9. The molecule has 6 nitrogen and oxygen atoms in total. The minimum atomic E-state index is -0.841. The van der Waals surface area contributed by atoms with E-state index in [0.717, 1.165) is 11.7 Å². The average Bonchev–Trinajstić information content (AvgIpc) is 2.94. The van der Waals surface area contributed by atoms with Gasteiger partial charge in [0.2, 0.25) is 0 Å². The molecule has 1 saturated carbocycles. The highest BCUT2D eigenvalue weighted by molar-refractivity contribution is 8.14. The minimum absolute atomic E-state index is 0.153. The molecule has 0 radical (unpaired) electrons. The van der Waals surface area contributed by atoms with Crippen molar-refractivity contribution in [2.75, 3.05) is 13.6 Å². The fourth-order valence-electron chi connectivity index (χ4n) is 3.48. The molecule has 7 heteroatoms. The standard InChI is InChI=1S/C14H25N3O3S/c1-15-14-17-10-12(19)11(18)9(20-13(10)21-14)7-16-8-5-3-2-4-6-8/h8-13,16,18-19H,2-7H2,1H3,(H,15,17)/p+2/t9-,10-,11-,12-,13-/m1/s1. The lowest BCUT2D eigenvalue weighted by atomic mass is 9.94. The smallest absolute Gasteiger partial charge is 0.258 e. The zero-order chi connectivity index (χ0) is 14.8. The van der Waals surface area contributed by atoms with Crippen molar-refractivity contribution in [3.8, 4) is 0 Å². The van der Waals surface area contributed by atoms with Gasteiger partial charge >= 0.3 is 0 Å². The Labute approximate surface area is 129 Å². The second-order valence-electron chi connectivity index (χ2n) is 6.26. The van der Waals surface area contributed by atoms with Crippen LogP contribution in [0, 0.1) is 0 Å². The molecule has 2 fully saturated rings. The summed E-state index contributed by atoms with van der Waals surface area (Å²) in [6, 6.07) is 0.318. The molecule has 2 aliphatic heterocycles. The van der Waals surface area contributed by atoms with Gasteiger partial charge in [0.05, 0.1) is 13.1 Å². The van der Waals surface area contributed by atoms with Crippen LogP contribution in [0.2, 0.25) is 0 Å². The molecule has 5 atom stereocenters. The van der Waals surface area contributed by atoms with E-state index < -0.39 is 12.2 Å². The van der Waals surface area contributed by atoms with Crippen LogP contribution < -0.4 is 10.6 Å². The summed E-state index contributed by atoms with van der Waals surface area (Å²) in [4.78, 5) is 4.42. The second kappa shape index (κ2) is 6.93. The van der Waals surface area contributed by atoms with Crippen LogP contribution in [0.15, 0.2) is 4.99 Å². The molecule has 0 spiro atoms. The van der Waals surface area contributed by atoms with Crippen LogP contribution >= 0.6 is 11.8 Å². The molecule has 0 bridgehead atoms. The molecule has 3 aliphatic rings. The van der Waals surface area contributed by atoms with E-state index in [1.807, 2.05) is 12.4 Å². The molecular weight excluding hydrogens is 290 g/mol. The van der Waals surface area contributed by atoms with Crippen molar-refractivity contribution in [2.45, 2.75) is 67.9 Å². The SMILES string of the molecule is C[NH2+]C1=N[C@@H]2[C@@H](O)[C@H](O)[C@@H](C[NH2+]C3CCCCC3)O[C@@H]2S1. The highest BCUT2D eigenvalue weighted by atomic mass is 32.2. The number of amidine groups is 1. The quantitative estimate of drug-likeness (QED) is 0.484. The lowest BCUT2D eigenvalue weighted by Crippen LogP contribution is -2.93. The Hall–Kier alpha value is -0.180. The number of fused-ring (bicyclic) bond motifs is 1. The van der Waals surface area contributed by atoms with Crippen molar-refractivity contribution < 1.29 is 25.6 Å². The summed E-state index contributed by atoms with van der Waals surface area (Å²) in [5.74, 6) is 0. The molecular formula is C14H27N3O3S+2. The lowest BCUT2D eigenvalue weighted by Gasteiger charge is -2.37. The molecule has 0 aromatic carbocycles. The summed E-state index contributed by atoms with van der Waals surface area (Å²) in [5, 5.41) is 25.7. The number of nitrogens with zero attached hydrogens (tertiary/aromatic N) is 1. The molecule has 3 rings (SSSR count). The number of aliphatic hydroxyl groups is 2. The molecule has 1 aliphatic carbocycles. The molecule has 0 aromatic rings. The van der Waals surface area contributed by atoms with Gasteiger partial charge in [-0.1, -0.05) is 6.42 Å². The van der Waals surface area contributed by atoms with Gasteiger partial charge in [-0.15, -0.1) is 0 Å². The first-order valence-corrected chi connectivity index (χ1v) is 8.95. The van der Waals surface area contributed by atoms with Crippen LogP contribution in [0.1, 0.15) is 32.1 Å². The Morgan fingerprint density at radius 3 is 2.71 bits per heavy atom. The predicted molar refractivity (Wildman–Crippen MR) is 81.0 cm³/mol. The molecule has 1 saturated heterocycles. The first kappa shape index (κ1) is 15.7. The Morgan fingerprint density at radius 2 is 2.00 bits per heavy atom.